The van der Waals surface area contributed by atoms with E-state index in [1.165, 1.54) is 16.7 Å². The molecule has 1 saturated heterocycles. The Morgan fingerprint density at radius 3 is 2.57 bits per heavy atom. The molecule has 28 heavy (non-hydrogen) atoms. The first-order valence-electron chi connectivity index (χ1n) is 8.36. The van der Waals surface area contributed by atoms with E-state index >= 15 is 0 Å². The van der Waals surface area contributed by atoms with Crippen LogP contribution in [0.1, 0.15) is 26.7 Å². The molecule has 2 heterocycles. The minimum Gasteiger partial charge on any atom is -0.481 e. The number of nitrogens with zero attached hydrogens (tertiary/aromatic N) is 1. The lowest BCUT2D eigenvalue weighted by Crippen LogP contribution is -2.70. The van der Waals surface area contributed by atoms with E-state index in [0.717, 1.165) is 0 Å². The summed E-state index contributed by atoms with van der Waals surface area (Å²) in [6.07, 6.45) is 0.0762. The highest BCUT2D eigenvalue weighted by Gasteiger charge is 2.54. The molecule has 0 aromatic heterocycles. The summed E-state index contributed by atoms with van der Waals surface area (Å²) in [5, 5.41) is 11.1. The Morgan fingerprint density at radius 1 is 1.39 bits per heavy atom. The van der Waals surface area contributed by atoms with Crippen molar-refractivity contribution in [3.8, 4) is 0 Å². The van der Waals surface area contributed by atoms with Crippen molar-refractivity contribution >= 4 is 70.3 Å². The molecule has 0 bridgehead atoms. The van der Waals surface area contributed by atoms with Crippen molar-refractivity contribution < 1.29 is 29.0 Å². The van der Waals surface area contributed by atoms with Gasteiger partial charge in [0.15, 0.2) is 0 Å². The Morgan fingerprint density at radius 2 is 2.04 bits per heavy atom. The van der Waals surface area contributed by atoms with E-state index in [1.807, 2.05) is 0 Å². The Hall–Kier alpha value is -1.16. The van der Waals surface area contributed by atoms with Gasteiger partial charge in [0.1, 0.15) is 23.7 Å². The summed E-state index contributed by atoms with van der Waals surface area (Å²) in [4.78, 5) is 49.4. The monoisotopic (exact) mass is 472 g/mol. The lowest BCUT2D eigenvalue weighted by Gasteiger charge is -2.49. The lowest BCUT2D eigenvalue weighted by molar-refractivity contribution is -0.153. The van der Waals surface area contributed by atoms with Gasteiger partial charge in [-0.2, -0.15) is 0 Å². The van der Waals surface area contributed by atoms with Crippen molar-refractivity contribution in [3.63, 3.8) is 0 Å². The zero-order valence-corrected chi connectivity index (χ0v) is 18.1. The van der Waals surface area contributed by atoms with Gasteiger partial charge in [0.05, 0.1) is 5.92 Å². The number of β-lactam (4-membered cyclic amide) rings is 1. The Labute approximate surface area is 180 Å². The van der Waals surface area contributed by atoms with Crippen LogP contribution in [0.4, 0.5) is 0 Å². The zero-order chi connectivity index (χ0) is 21.2. The van der Waals surface area contributed by atoms with Crippen LogP contribution in [0.15, 0.2) is 11.3 Å². The van der Waals surface area contributed by atoms with Gasteiger partial charge in [-0.1, -0.05) is 41.7 Å². The zero-order valence-electron chi connectivity index (χ0n) is 15.0. The van der Waals surface area contributed by atoms with Crippen LogP contribution in [0.5, 0.6) is 0 Å². The van der Waals surface area contributed by atoms with Crippen LogP contribution in [-0.2, 0) is 23.9 Å². The van der Waals surface area contributed by atoms with E-state index in [4.69, 9.17) is 44.6 Å². The van der Waals surface area contributed by atoms with Gasteiger partial charge < -0.3 is 15.2 Å². The normalized spacial score (nSPS) is 22.9. The second-order valence-electron chi connectivity index (χ2n) is 6.42. The molecule has 2 N–H and O–H groups in total. The Balaban J connectivity index is 2.04. The maximum Gasteiger partial charge on any atom is 0.355 e. The fourth-order valence-electron chi connectivity index (χ4n) is 2.84. The molecule has 0 spiro atoms. The molecule has 1 fully saturated rings. The van der Waals surface area contributed by atoms with Gasteiger partial charge in [0, 0.05) is 12.2 Å². The van der Waals surface area contributed by atoms with Crippen LogP contribution in [0, 0.1) is 5.92 Å². The molecule has 0 aromatic rings. The Bertz CT molecular complexity index is 724. The largest absolute Gasteiger partial charge is 0.481 e. The molecule has 2 aliphatic heterocycles. The molecule has 2 rings (SSSR count). The summed E-state index contributed by atoms with van der Waals surface area (Å²) in [5.41, 5.74) is 0.705. The summed E-state index contributed by atoms with van der Waals surface area (Å²) in [5.74, 6) is -3.23. The topological polar surface area (TPSA) is 113 Å². The lowest BCUT2D eigenvalue weighted by atomic mass is 10.00. The van der Waals surface area contributed by atoms with E-state index < -0.39 is 51.5 Å². The Kier molecular flexibility index (Phi) is 7.52. The number of hydrogen-bond donors (Lipinski definition) is 2. The number of carbonyl (C=O) groups is 4. The molecule has 2 amide bonds. The van der Waals surface area contributed by atoms with Crippen LogP contribution >= 0.6 is 46.6 Å². The maximum atomic E-state index is 12.5. The molecule has 0 radical (unpaired) electrons. The fourth-order valence-corrected chi connectivity index (χ4v) is 4.30. The first-order valence-corrected chi connectivity index (χ1v) is 10.5. The van der Waals surface area contributed by atoms with E-state index in [-0.39, 0.29) is 12.1 Å². The van der Waals surface area contributed by atoms with Gasteiger partial charge in [0.25, 0.3) is 5.91 Å². The number of carboxylic acids is 1. The minimum atomic E-state index is -1.78. The third-order valence-corrected chi connectivity index (χ3v) is 6.06. The molecule has 0 saturated carbocycles. The number of thioether (sulfide) groups is 1. The quantitative estimate of drug-likeness (QED) is 0.331. The first-order chi connectivity index (χ1) is 13.0. The molecular formula is C16H19Cl3N2O6S. The van der Waals surface area contributed by atoms with E-state index in [1.54, 1.807) is 13.8 Å². The number of fused-ring (bicyclic) bond motifs is 1. The van der Waals surface area contributed by atoms with Crippen LogP contribution in [0.2, 0.25) is 0 Å². The second kappa shape index (κ2) is 9.11. The van der Waals surface area contributed by atoms with Crippen LogP contribution in [0.3, 0.4) is 0 Å². The number of carboxylic acid groups (broad SMARTS) is 1. The molecule has 2 unspecified atom stereocenters. The third kappa shape index (κ3) is 5.25. The van der Waals surface area contributed by atoms with Crippen molar-refractivity contribution in [2.24, 2.45) is 5.92 Å². The fraction of sp³-hybridized carbons (Fsp3) is 0.625. The smallest absolute Gasteiger partial charge is 0.355 e. The van der Waals surface area contributed by atoms with Crippen LogP contribution < -0.4 is 5.32 Å². The standard InChI is InChI=1S/C16H19Cl3N2O6S/c1-3-8(14(24)25)4-9(22)20-10-12(23)21-11(7(2)5-28-13(10)21)15(26)27-6-16(17,18)19/h8,10,13H,3-6H2,1-2H3,(H,20,22)(H,24,25)/t8?,10?,13-/m0/s1. The van der Waals surface area contributed by atoms with Crippen molar-refractivity contribution in [1.82, 2.24) is 10.2 Å². The van der Waals surface area contributed by atoms with Gasteiger partial charge in [-0.05, 0) is 18.9 Å². The number of carbonyl (C=O) groups excluding carboxylic acids is 3. The number of hydrogen-bond acceptors (Lipinski definition) is 6. The summed E-state index contributed by atoms with van der Waals surface area (Å²) < 4.78 is 3.20. The number of ether oxygens (including phenoxy) is 1. The molecule has 3 atom stereocenters. The number of amides is 2. The summed E-state index contributed by atoms with van der Waals surface area (Å²) in [7, 11) is 0. The van der Waals surface area contributed by atoms with E-state index in [9.17, 15) is 19.2 Å². The van der Waals surface area contributed by atoms with Gasteiger partial charge >= 0.3 is 11.9 Å². The molecule has 12 heteroatoms. The molecule has 8 nitrogen and oxygen atoms in total. The predicted octanol–water partition coefficient (Wildman–Crippen LogP) is 2.07. The number of alkyl halides is 3. The number of nitrogens with one attached hydrogen (secondary N) is 1. The number of halogens is 3. The van der Waals surface area contributed by atoms with Gasteiger partial charge in [-0.15, -0.1) is 11.8 Å². The molecule has 156 valence electrons. The highest BCUT2D eigenvalue weighted by Crippen LogP contribution is 2.40. The SMILES string of the molecule is CCC(CC(=O)NC1C(=O)N2C(C(=O)OCC(Cl)(Cl)Cl)=C(C)CS[C@@H]12)C(=O)O. The second-order valence-corrected chi connectivity index (χ2v) is 10.0. The minimum absolute atomic E-state index is 0.0745. The predicted molar refractivity (Wildman–Crippen MR) is 105 cm³/mol. The highest BCUT2D eigenvalue weighted by molar-refractivity contribution is 8.00. The van der Waals surface area contributed by atoms with Gasteiger partial charge in [-0.3, -0.25) is 19.3 Å². The van der Waals surface area contributed by atoms with Gasteiger partial charge in [-0.25, -0.2) is 4.79 Å². The maximum absolute atomic E-state index is 12.5. The molecular weight excluding hydrogens is 455 g/mol. The van der Waals surface area contributed by atoms with Crippen LogP contribution in [0.25, 0.3) is 0 Å². The van der Waals surface area contributed by atoms with E-state index in [0.29, 0.717) is 17.7 Å². The first kappa shape index (κ1) is 23.1. The van der Waals surface area contributed by atoms with Crippen molar-refractivity contribution in [2.75, 3.05) is 12.4 Å². The molecule has 0 aromatic carbocycles. The molecule has 0 aliphatic carbocycles. The average Bonchev–Trinajstić information content (AvgIpc) is 2.61. The number of rotatable bonds is 7. The van der Waals surface area contributed by atoms with Crippen molar-refractivity contribution in [1.29, 1.82) is 0 Å². The number of esters is 1. The van der Waals surface area contributed by atoms with Crippen LogP contribution in [-0.4, -0.2) is 61.3 Å². The summed E-state index contributed by atoms with van der Waals surface area (Å²) in [6.45, 7) is 2.88. The highest BCUT2D eigenvalue weighted by atomic mass is 35.6. The van der Waals surface area contributed by atoms with Gasteiger partial charge in [0.2, 0.25) is 9.70 Å². The average molecular weight is 474 g/mol. The molecule has 2 aliphatic rings. The third-order valence-electron chi connectivity index (χ3n) is 4.31. The summed E-state index contributed by atoms with van der Waals surface area (Å²) >= 11 is 18.1. The van der Waals surface area contributed by atoms with Crippen molar-refractivity contribution in [2.45, 2.75) is 41.9 Å². The van der Waals surface area contributed by atoms with E-state index in [2.05, 4.69) is 5.32 Å². The summed E-state index contributed by atoms with van der Waals surface area (Å²) in [6, 6.07) is -0.840. The van der Waals surface area contributed by atoms with Crippen molar-refractivity contribution in [3.05, 3.63) is 11.3 Å². The number of aliphatic carboxylic acids is 1.